The molecule has 6 nitrogen and oxygen atoms in total. The van der Waals surface area contributed by atoms with Crippen LogP contribution >= 0.6 is 35.0 Å². The molecule has 0 radical (unpaired) electrons. The second kappa shape index (κ2) is 6.64. The van der Waals surface area contributed by atoms with E-state index in [2.05, 4.69) is 15.1 Å². The summed E-state index contributed by atoms with van der Waals surface area (Å²) in [5, 5.41) is 5.16. The van der Waals surface area contributed by atoms with Crippen LogP contribution in [0.4, 0.5) is 0 Å². The minimum absolute atomic E-state index is 0.0388. The quantitative estimate of drug-likeness (QED) is 0.625. The van der Waals surface area contributed by atoms with Crippen LogP contribution in [0.15, 0.2) is 46.7 Å². The lowest BCUT2D eigenvalue weighted by Gasteiger charge is -2.06. The number of nitrogens with zero attached hydrogens (tertiary/aromatic N) is 4. The monoisotopic (exact) mass is 388 g/mol. The predicted molar refractivity (Wildman–Crippen MR) is 90.0 cm³/mol. The smallest absolute Gasteiger partial charge is 0.224 e. The summed E-state index contributed by atoms with van der Waals surface area (Å²) in [5.74, 6) is 0.665. The SMILES string of the molecule is O=S(=O)(CCSc1nc2ncccn2n1)c1cc(Cl)ccc1Cl. The molecule has 0 aliphatic heterocycles. The molecule has 23 heavy (non-hydrogen) atoms. The highest BCUT2D eigenvalue weighted by Gasteiger charge is 2.19. The van der Waals surface area contributed by atoms with Gasteiger partial charge in [-0.3, -0.25) is 0 Å². The molecule has 2 aromatic heterocycles. The van der Waals surface area contributed by atoms with Crippen molar-refractivity contribution in [2.45, 2.75) is 10.1 Å². The Morgan fingerprint density at radius 1 is 1.26 bits per heavy atom. The summed E-state index contributed by atoms with van der Waals surface area (Å²) in [5.41, 5.74) is 0. The van der Waals surface area contributed by atoms with Crippen LogP contribution in [0.3, 0.4) is 0 Å². The lowest BCUT2D eigenvalue weighted by Crippen LogP contribution is -2.09. The van der Waals surface area contributed by atoms with Gasteiger partial charge in [-0.2, -0.15) is 4.98 Å². The van der Waals surface area contributed by atoms with Gasteiger partial charge in [0.1, 0.15) is 0 Å². The standard InChI is InChI=1S/C13H10Cl2N4O2S2/c14-9-2-3-10(15)11(8-9)23(20,21)7-6-22-13-17-12-16-4-1-5-19(12)18-13/h1-5,8H,6-7H2. The number of hydrogen-bond acceptors (Lipinski definition) is 6. The average molecular weight is 389 g/mol. The summed E-state index contributed by atoms with van der Waals surface area (Å²) >= 11 is 13.0. The molecule has 0 N–H and O–H groups in total. The summed E-state index contributed by atoms with van der Waals surface area (Å²) in [4.78, 5) is 8.29. The molecule has 0 saturated carbocycles. The van der Waals surface area contributed by atoms with Gasteiger partial charge in [0.25, 0.3) is 5.78 Å². The molecule has 3 rings (SSSR count). The summed E-state index contributed by atoms with van der Waals surface area (Å²) in [6.45, 7) is 0. The van der Waals surface area contributed by atoms with Crippen molar-refractivity contribution in [2.75, 3.05) is 11.5 Å². The highest BCUT2D eigenvalue weighted by atomic mass is 35.5. The van der Waals surface area contributed by atoms with Crippen LogP contribution in [0.1, 0.15) is 0 Å². The molecule has 0 unspecified atom stereocenters. The van der Waals surface area contributed by atoms with Gasteiger partial charge in [-0.15, -0.1) is 5.10 Å². The molecule has 0 bridgehead atoms. The number of benzene rings is 1. The molecule has 0 fully saturated rings. The molecule has 0 aliphatic carbocycles. The first-order valence-corrected chi connectivity index (χ1v) is 9.83. The first-order chi connectivity index (χ1) is 11.0. The van der Waals surface area contributed by atoms with Crippen LogP contribution in [0.2, 0.25) is 10.0 Å². The second-order valence-electron chi connectivity index (χ2n) is 4.50. The van der Waals surface area contributed by atoms with Gasteiger partial charge in [-0.1, -0.05) is 35.0 Å². The third-order valence-corrected chi connectivity index (χ3v) is 6.43. The van der Waals surface area contributed by atoms with E-state index in [1.165, 1.54) is 28.4 Å². The summed E-state index contributed by atoms with van der Waals surface area (Å²) in [7, 11) is -3.53. The van der Waals surface area contributed by atoms with Gasteiger partial charge in [0.2, 0.25) is 5.16 Å². The number of hydrogen-bond donors (Lipinski definition) is 0. The topological polar surface area (TPSA) is 77.2 Å². The van der Waals surface area contributed by atoms with Crippen molar-refractivity contribution in [3.8, 4) is 0 Å². The van der Waals surface area contributed by atoms with Crippen LogP contribution < -0.4 is 0 Å². The van der Waals surface area contributed by atoms with E-state index in [1.54, 1.807) is 24.5 Å². The third kappa shape index (κ3) is 3.77. The Morgan fingerprint density at radius 3 is 2.87 bits per heavy atom. The Morgan fingerprint density at radius 2 is 2.09 bits per heavy atom. The second-order valence-corrected chi connectivity index (χ2v) is 8.48. The van der Waals surface area contributed by atoms with Crippen molar-refractivity contribution in [2.24, 2.45) is 0 Å². The first kappa shape index (κ1) is 16.5. The van der Waals surface area contributed by atoms with Crippen molar-refractivity contribution in [1.82, 2.24) is 19.6 Å². The average Bonchev–Trinajstić information content (AvgIpc) is 2.92. The molecular weight excluding hydrogens is 379 g/mol. The molecule has 3 aromatic rings. The zero-order chi connectivity index (χ0) is 16.4. The lowest BCUT2D eigenvalue weighted by atomic mass is 10.4. The molecule has 0 saturated heterocycles. The summed E-state index contributed by atoms with van der Waals surface area (Å²) in [6, 6.07) is 6.11. The molecule has 1 aromatic carbocycles. The van der Waals surface area contributed by atoms with Gasteiger partial charge in [0, 0.05) is 23.2 Å². The maximum atomic E-state index is 12.4. The number of fused-ring (bicyclic) bond motifs is 1. The Labute approximate surface area is 146 Å². The minimum atomic E-state index is -3.53. The van der Waals surface area contributed by atoms with E-state index >= 15 is 0 Å². The fourth-order valence-electron chi connectivity index (χ4n) is 1.84. The van der Waals surface area contributed by atoms with Crippen LogP contribution in [0.5, 0.6) is 0 Å². The fraction of sp³-hybridized carbons (Fsp3) is 0.154. The zero-order valence-electron chi connectivity index (χ0n) is 11.6. The third-order valence-electron chi connectivity index (χ3n) is 2.91. The predicted octanol–water partition coefficient (Wildman–Crippen LogP) is 3.00. The maximum Gasteiger partial charge on any atom is 0.253 e. The molecule has 0 atom stereocenters. The van der Waals surface area contributed by atoms with Crippen molar-refractivity contribution in [1.29, 1.82) is 0 Å². The zero-order valence-corrected chi connectivity index (χ0v) is 14.7. The summed E-state index contributed by atoms with van der Waals surface area (Å²) < 4.78 is 26.2. The van der Waals surface area contributed by atoms with E-state index in [4.69, 9.17) is 23.2 Å². The fourth-order valence-corrected chi connectivity index (χ4v) is 5.13. The lowest BCUT2D eigenvalue weighted by molar-refractivity contribution is 0.597. The van der Waals surface area contributed by atoms with Crippen LogP contribution in [0.25, 0.3) is 5.78 Å². The Balaban J connectivity index is 1.71. The number of sulfone groups is 1. The number of thioether (sulfide) groups is 1. The maximum absolute atomic E-state index is 12.4. The van der Waals surface area contributed by atoms with E-state index in [-0.39, 0.29) is 15.7 Å². The molecule has 120 valence electrons. The highest BCUT2D eigenvalue weighted by molar-refractivity contribution is 8.00. The van der Waals surface area contributed by atoms with E-state index in [1.807, 2.05) is 0 Å². The van der Waals surface area contributed by atoms with E-state index in [9.17, 15) is 8.42 Å². The minimum Gasteiger partial charge on any atom is -0.224 e. The van der Waals surface area contributed by atoms with Crippen molar-refractivity contribution in [3.63, 3.8) is 0 Å². The number of halogens is 2. The van der Waals surface area contributed by atoms with Crippen molar-refractivity contribution in [3.05, 3.63) is 46.7 Å². The van der Waals surface area contributed by atoms with E-state index in [0.29, 0.717) is 21.7 Å². The van der Waals surface area contributed by atoms with Crippen molar-refractivity contribution < 1.29 is 8.42 Å². The van der Waals surface area contributed by atoms with E-state index < -0.39 is 9.84 Å². The number of rotatable bonds is 5. The Bertz CT molecular complexity index is 927. The van der Waals surface area contributed by atoms with Crippen LogP contribution in [0, 0.1) is 0 Å². The molecule has 2 heterocycles. The van der Waals surface area contributed by atoms with Gasteiger partial charge in [-0.25, -0.2) is 17.9 Å². The first-order valence-electron chi connectivity index (χ1n) is 6.44. The van der Waals surface area contributed by atoms with Gasteiger partial charge in [-0.05, 0) is 24.3 Å². The molecule has 0 amide bonds. The molecule has 0 aliphatic rings. The summed E-state index contributed by atoms with van der Waals surface area (Å²) in [6.07, 6.45) is 3.34. The molecule has 0 spiro atoms. The molecular formula is C13H10Cl2N4O2S2. The number of aromatic nitrogens is 4. The van der Waals surface area contributed by atoms with Gasteiger partial charge in [0.15, 0.2) is 9.84 Å². The van der Waals surface area contributed by atoms with Gasteiger partial charge < -0.3 is 0 Å². The Hall–Kier alpha value is -1.35. The molecule has 10 heteroatoms. The largest absolute Gasteiger partial charge is 0.253 e. The van der Waals surface area contributed by atoms with Gasteiger partial charge in [0.05, 0.1) is 15.7 Å². The van der Waals surface area contributed by atoms with Crippen LogP contribution in [-0.4, -0.2) is 39.5 Å². The van der Waals surface area contributed by atoms with Crippen LogP contribution in [-0.2, 0) is 9.84 Å². The van der Waals surface area contributed by atoms with Crippen molar-refractivity contribution >= 4 is 50.6 Å². The normalized spacial score (nSPS) is 11.9. The van der Waals surface area contributed by atoms with E-state index in [0.717, 1.165) is 0 Å². The van der Waals surface area contributed by atoms with Gasteiger partial charge >= 0.3 is 0 Å². The Kier molecular flexibility index (Phi) is 4.77. The highest BCUT2D eigenvalue weighted by Crippen LogP contribution is 2.26.